The van der Waals surface area contributed by atoms with E-state index in [4.69, 9.17) is 0 Å². The third-order valence-electron chi connectivity index (χ3n) is 4.01. The Bertz CT molecular complexity index is 740. The number of carbonyl (C=O) groups excluding carboxylic acids is 2. The summed E-state index contributed by atoms with van der Waals surface area (Å²) in [6.45, 7) is 8.07. The van der Waals surface area contributed by atoms with Gasteiger partial charge in [0.05, 0.1) is 11.0 Å². The van der Waals surface area contributed by atoms with Crippen molar-refractivity contribution in [1.82, 2.24) is 0 Å². The van der Waals surface area contributed by atoms with Crippen LogP contribution in [0.5, 0.6) is 0 Å². The number of hydrogen-bond donors (Lipinski definition) is 2. The summed E-state index contributed by atoms with van der Waals surface area (Å²) in [5, 5.41) is 5.42. The number of thioether (sulfide) groups is 1. The molecular weight excluding hydrogens is 344 g/mol. The van der Waals surface area contributed by atoms with E-state index in [1.807, 2.05) is 62.4 Å². The van der Waals surface area contributed by atoms with E-state index in [9.17, 15) is 9.59 Å². The molecule has 2 aromatic carbocycles. The normalized spacial score (nSPS) is 11.9. The smallest absolute Gasteiger partial charge is 0.237 e. The first-order valence-corrected chi connectivity index (χ1v) is 9.79. The molecule has 0 bridgehead atoms. The molecule has 1 atom stereocenters. The Labute approximate surface area is 159 Å². The van der Waals surface area contributed by atoms with Crippen molar-refractivity contribution in [2.24, 2.45) is 0 Å². The number of rotatable bonds is 7. The highest BCUT2D eigenvalue weighted by Crippen LogP contribution is 2.19. The van der Waals surface area contributed by atoms with Crippen molar-refractivity contribution in [3.05, 3.63) is 59.7 Å². The molecule has 4 nitrogen and oxygen atoms in total. The highest BCUT2D eigenvalue weighted by molar-refractivity contribution is 8.01. The Balaban J connectivity index is 1.79. The lowest BCUT2D eigenvalue weighted by Gasteiger charge is -2.13. The Morgan fingerprint density at radius 1 is 0.885 bits per heavy atom. The van der Waals surface area contributed by atoms with E-state index >= 15 is 0 Å². The van der Waals surface area contributed by atoms with Crippen LogP contribution in [0.2, 0.25) is 0 Å². The number of carbonyl (C=O) groups is 2. The van der Waals surface area contributed by atoms with Crippen molar-refractivity contribution in [2.45, 2.75) is 38.9 Å². The molecule has 0 spiro atoms. The van der Waals surface area contributed by atoms with Crippen molar-refractivity contribution in [1.29, 1.82) is 0 Å². The number of hydrogen-bond acceptors (Lipinski definition) is 3. The molecule has 0 aliphatic rings. The molecule has 0 heterocycles. The first kappa shape index (κ1) is 20.0. The Hall–Kier alpha value is -2.27. The second-order valence-corrected chi connectivity index (χ2v) is 7.96. The minimum Gasteiger partial charge on any atom is -0.325 e. The molecule has 2 aromatic rings. The van der Waals surface area contributed by atoms with Crippen molar-refractivity contribution >= 4 is 35.0 Å². The Morgan fingerprint density at radius 3 is 2.00 bits per heavy atom. The van der Waals surface area contributed by atoms with Crippen LogP contribution in [-0.4, -0.2) is 22.8 Å². The van der Waals surface area contributed by atoms with Gasteiger partial charge in [0.1, 0.15) is 0 Å². The lowest BCUT2D eigenvalue weighted by Crippen LogP contribution is -2.25. The lowest BCUT2D eigenvalue weighted by atomic mass is 10.0. The molecule has 2 rings (SSSR count). The van der Waals surface area contributed by atoms with Crippen LogP contribution in [0.25, 0.3) is 0 Å². The predicted octanol–water partition coefficient (Wildman–Crippen LogP) is 4.82. The fourth-order valence-electron chi connectivity index (χ4n) is 2.31. The molecule has 2 N–H and O–H groups in total. The van der Waals surface area contributed by atoms with Crippen molar-refractivity contribution in [2.75, 3.05) is 16.4 Å². The van der Waals surface area contributed by atoms with Gasteiger partial charge in [-0.25, -0.2) is 0 Å². The molecule has 0 radical (unpaired) electrons. The number of anilines is 2. The van der Waals surface area contributed by atoms with Gasteiger partial charge in [-0.1, -0.05) is 43.7 Å². The van der Waals surface area contributed by atoms with E-state index in [1.165, 1.54) is 17.3 Å². The first-order valence-electron chi connectivity index (χ1n) is 8.74. The lowest BCUT2D eigenvalue weighted by molar-refractivity contribution is -0.115. The molecule has 0 saturated carbocycles. The molecular formula is C21H26N2O2S. The highest BCUT2D eigenvalue weighted by atomic mass is 32.2. The number of benzene rings is 2. The zero-order valence-corrected chi connectivity index (χ0v) is 16.5. The van der Waals surface area contributed by atoms with Crippen molar-refractivity contribution < 1.29 is 9.59 Å². The Morgan fingerprint density at radius 2 is 1.42 bits per heavy atom. The summed E-state index contributed by atoms with van der Waals surface area (Å²) >= 11 is 1.32. The molecule has 26 heavy (non-hydrogen) atoms. The van der Waals surface area contributed by atoms with Crippen molar-refractivity contribution in [3.8, 4) is 0 Å². The molecule has 138 valence electrons. The number of nitrogens with one attached hydrogen (secondary N) is 2. The molecule has 1 unspecified atom stereocenters. The van der Waals surface area contributed by atoms with Crippen molar-refractivity contribution in [3.63, 3.8) is 0 Å². The van der Waals surface area contributed by atoms with E-state index in [0.29, 0.717) is 5.92 Å². The van der Waals surface area contributed by atoms with Gasteiger partial charge in [0, 0.05) is 11.4 Å². The summed E-state index contributed by atoms with van der Waals surface area (Å²) < 4.78 is 0. The maximum Gasteiger partial charge on any atom is 0.237 e. The van der Waals surface area contributed by atoms with Gasteiger partial charge in [0.2, 0.25) is 11.8 Å². The molecule has 0 aliphatic carbocycles. The van der Waals surface area contributed by atoms with Crippen LogP contribution < -0.4 is 10.6 Å². The van der Waals surface area contributed by atoms with E-state index in [-0.39, 0.29) is 22.8 Å². The molecule has 0 fully saturated rings. The minimum atomic E-state index is -0.316. The zero-order valence-electron chi connectivity index (χ0n) is 15.7. The maximum absolute atomic E-state index is 12.3. The largest absolute Gasteiger partial charge is 0.325 e. The summed E-state index contributed by atoms with van der Waals surface area (Å²) in [6.07, 6.45) is 0. The maximum atomic E-state index is 12.3. The van der Waals surface area contributed by atoms with Gasteiger partial charge in [-0.3, -0.25) is 9.59 Å². The van der Waals surface area contributed by atoms with Gasteiger partial charge in [-0.2, -0.15) is 0 Å². The van der Waals surface area contributed by atoms with Crippen LogP contribution >= 0.6 is 11.8 Å². The van der Waals surface area contributed by atoms with Gasteiger partial charge in [0.15, 0.2) is 0 Å². The second kappa shape index (κ2) is 9.43. The zero-order chi connectivity index (χ0) is 19.1. The molecule has 2 amide bonds. The summed E-state index contributed by atoms with van der Waals surface area (Å²) in [5.41, 5.74) is 3.92. The third-order valence-corrected chi connectivity index (χ3v) is 5.16. The molecule has 5 heteroatoms. The average Bonchev–Trinajstić information content (AvgIpc) is 2.62. The monoisotopic (exact) mass is 370 g/mol. The molecule has 0 aliphatic heterocycles. The SMILES string of the molecule is Cc1ccc(NC(=O)CSC(C)C(=O)Nc2ccc(C(C)C)cc2)cc1. The van der Waals surface area contributed by atoms with Crippen LogP contribution in [0, 0.1) is 6.92 Å². The van der Waals surface area contributed by atoms with E-state index in [0.717, 1.165) is 16.9 Å². The summed E-state index contributed by atoms with van der Waals surface area (Å²) in [6, 6.07) is 15.5. The summed E-state index contributed by atoms with van der Waals surface area (Å²) in [4.78, 5) is 24.3. The third kappa shape index (κ3) is 6.23. The second-order valence-electron chi connectivity index (χ2n) is 6.63. The van der Waals surface area contributed by atoms with Crippen LogP contribution in [0.15, 0.2) is 48.5 Å². The average molecular weight is 371 g/mol. The number of aryl methyl sites for hydroxylation is 1. The molecule has 0 saturated heterocycles. The highest BCUT2D eigenvalue weighted by Gasteiger charge is 2.15. The van der Waals surface area contributed by atoms with E-state index in [1.54, 1.807) is 0 Å². The van der Waals surface area contributed by atoms with Crippen LogP contribution in [0.1, 0.15) is 37.8 Å². The van der Waals surface area contributed by atoms with Gasteiger partial charge in [-0.05, 0) is 49.6 Å². The summed E-state index contributed by atoms with van der Waals surface area (Å²) in [7, 11) is 0. The predicted molar refractivity (Wildman–Crippen MR) is 111 cm³/mol. The standard InChI is InChI=1S/C21H26N2O2S/c1-14(2)17-7-11-19(12-8-17)23-21(25)16(4)26-13-20(24)22-18-9-5-15(3)6-10-18/h5-12,14,16H,13H2,1-4H3,(H,22,24)(H,23,25). The fourth-order valence-corrected chi connectivity index (χ4v) is 2.99. The summed E-state index contributed by atoms with van der Waals surface area (Å²) in [5.74, 6) is 0.478. The van der Waals surface area contributed by atoms with E-state index in [2.05, 4.69) is 24.5 Å². The van der Waals surface area contributed by atoms with Gasteiger partial charge >= 0.3 is 0 Å². The minimum absolute atomic E-state index is 0.101. The van der Waals surface area contributed by atoms with Gasteiger partial charge in [0.25, 0.3) is 0 Å². The molecule has 0 aromatic heterocycles. The fraction of sp³-hybridized carbons (Fsp3) is 0.333. The van der Waals surface area contributed by atoms with Gasteiger partial charge < -0.3 is 10.6 Å². The van der Waals surface area contributed by atoms with Crippen LogP contribution in [0.3, 0.4) is 0 Å². The Kier molecular flexibility index (Phi) is 7.27. The van der Waals surface area contributed by atoms with Crippen LogP contribution in [-0.2, 0) is 9.59 Å². The van der Waals surface area contributed by atoms with Crippen LogP contribution in [0.4, 0.5) is 11.4 Å². The first-order chi connectivity index (χ1) is 12.3. The quantitative estimate of drug-likeness (QED) is 0.735. The number of amides is 2. The van der Waals surface area contributed by atoms with Gasteiger partial charge in [-0.15, -0.1) is 11.8 Å². The topological polar surface area (TPSA) is 58.2 Å². The van der Waals surface area contributed by atoms with E-state index < -0.39 is 0 Å².